The fraction of sp³-hybridized carbons (Fsp3) is 0.863. The normalized spacial score (nSPS) is 23.8. The van der Waals surface area contributed by atoms with Crippen molar-refractivity contribution in [3.63, 3.8) is 0 Å². The van der Waals surface area contributed by atoms with Gasteiger partial charge in [-0.25, -0.2) is 5.90 Å². The van der Waals surface area contributed by atoms with Crippen LogP contribution in [0.5, 0.6) is 0 Å². The van der Waals surface area contributed by atoms with E-state index in [0.717, 1.165) is 57.8 Å². The first kappa shape index (κ1) is 106. The number of ketones is 5. The predicted molar refractivity (Wildman–Crippen MR) is 420 cm³/mol. The van der Waals surface area contributed by atoms with Crippen molar-refractivity contribution in [3.8, 4) is 0 Å². The minimum absolute atomic E-state index is 0.0171. The first-order valence-corrected chi connectivity index (χ1v) is 42.2. The van der Waals surface area contributed by atoms with Gasteiger partial charge in [0.1, 0.15) is 108 Å². The zero-order valence-electron chi connectivity index (χ0n) is 69.2. The Bertz CT molecular complexity index is 2590. The number of rotatable bonds is 71. The third-order valence-corrected chi connectivity index (χ3v) is 20.3. The summed E-state index contributed by atoms with van der Waals surface area (Å²) in [4.78, 5) is 143. The van der Waals surface area contributed by atoms with E-state index in [4.69, 9.17) is 48.5 Å². The molecule has 3 rings (SSSR count). The number of aliphatic hydroxyl groups excluding tert-OH is 9. The molecular weight excluding hydrogens is 1540 g/mol. The molecule has 0 bridgehead atoms. The van der Waals surface area contributed by atoms with Gasteiger partial charge in [0.2, 0.25) is 35.4 Å². The lowest BCUT2D eigenvalue weighted by Gasteiger charge is -2.42. The average molecular weight is 1680 g/mol. The third-order valence-electron chi connectivity index (χ3n) is 20.3. The van der Waals surface area contributed by atoms with Gasteiger partial charge in [0, 0.05) is 131 Å². The Morgan fingerprint density at radius 2 is 0.598 bits per heavy atom. The van der Waals surface area contributed by atoms with Crippen molar-refractivity contribution in [1.29, 1.82) is 0 Å². The average Bonchev–Trinajstić information content (AvgIpc) is 0.816. The van der Waals surface area contributed by atoms with Crippen LogP contribution in [0.2, 0.25) is 0 Å². The van der Waals surface area contributed by atoms with Crippen molar-refractivity contribution >= 4 is 64.4 Å². The largest absolute Gasteiger partial charge is 0.394 e. The zero-order valence-corrected chi connectivity index (χ0v) is 69.2. The minimum atomic E-state index is -1.46. The Morgan fingerprint density at radius 3 is 0.932 bits per heavy atom. The molecule has 3 aliphatic rings. The molecule has 0 radical (unpaired) electrons. The predicted octanol–water partition coefficient (Wildman–Crippen LogP) is 0.394. The highest BCUT2D eigenvalue weighted by Crippen LogP contribution is 2.27. The maximum absolute atomic E-state index is 14.0. The second kappa shape index (κ2) is 63.3. The van der Waals surface area contributed by atoms with E-state index >= 15 is 0 Å². The lowest BCUT2D eigenvalue weighted by Crippen LogP contribution is -2.64. The number of Topliss-reactive ketones (excluding diaryl/α,β-unsaturated/α-hetero) is 5. The van der Waals surface area contributed by atoms with Gasteiger partial charge in [-0.15, -0.1) is 0 Å². The first-order valence-electron chi connectivity index (χ1n) is 42.2. The molecule has 37 nitrogen and oxygen atoms in total. The summed E-state index contributed by atoms with van der Waals surface area (Å²) in [6.45, 7) is 2.00. The summed E-state index contributed by atoms with van der Waals surface area (Å²) in [5, 5.41) is 107. The van der Waals surface area contributed by atoms with E-state index in [1.807, 2.05) is 0 Å². The van der Waals surface area contributed by atoms with Crippen molar-refractivity contribution in [2.45, 2.75) is 343 Å². The van der Waals surface area contributed by atoms with Crippen LogP contribution in [0.3, 0.4) is 0 Å². The van der Waals surface area contributed by atoms with Gasteiger partial charge in [0.05, 0.1) is 59.5 Å². The molecule has 0 spiro atoms. The number of ether oxygens (including phenoxy) is 9. The van der Waals surface area contributed by atoms with Crippen LogP contribution in [-0.2, 0) is 100 Å². The van der Waals surface area contributed by atoms with Crippen LogP contribution in [0.15, 0.2) is 0 Å². The van der Waals surface area contributed by atoms with Crippen LogP contribution in [0.25, 0.3) is 0 Å². The molecule has 15 atom stereocenters. The number of hydrogen-bond acceptors (Lipinski definition) is 31. The van der Waals surface area contributed by atoms with Gasteiger partial charge in [-0.1, -0.05) is 64.2 Å². The van der Waals surface area contributed by atoms with E-state index in [2.05, 4.69) is 36.7 Å². The molecular formula is C80H141N7O30. The second-order valence-corrected chi connectivity index (χ2v) is 30.7. The number of carbonyl (C=O) groups is 11. The Morgan fingerprint density at radius 1 is 0.325 bits per heavy atom. The number of hydrogen-bond donors (Lipinski definition) is 16. The van der Waals surface area contributed by atoms with Gasteiger partial charge >= 0.3 is 0 Å². The summed E-state index contributed by atoms with van der Waals surface area (Å²) >= 11 is 0. The van der Waals surface area contributed by atoms with E-state index in [1.165, 1.54) is 20.8 Å². The van der Waals surface area contributed by atoms with Crippen molar-refractivity contribution in [3.05, 3.63) is 0 Å². The van der Waals surface area contributed by atoms with Gasteiger partial charge in [0.25, 0.3) is 0 Å². The molecule has 6 amide bonds. The van der Waals surface area contributed by atoms with E-state index in [9.17, 15) is 98.7 Å². The van der Waals surface area contributed by atoms with Crippen molar-refractivity contribution < 1.29 is 146 Å². The Labute approximate surface area is 687 Å². The maximum Gasteiger partial charge on any atom is 0.222 e. The van der Waals surface area contributed by atoms with E-state index in [-0.39, 0.29) is 184 Å². The van der Waals surface area contributed by atoms with Gasteiger partial charge in [-0.3, -0.25) is 57.6 Å². The molecule has 37 heteroatoms. The van der Waals surface area contributed by atoms with Crippen molar-refractivity contribution in [2.24, 2.45) is 5.90 Å². The van der Waals surface area contributed by atoms with E-state index in [1.54, 1.807) is 0 Å². The monoisotopic (exact) mass is 1680 g/mol. The number of nitrogens with one attached hydrogen (secondary N) is 6. The quantitative estimate of drug-likeness (QED) is 0.0289. The maximum atomic E-state index is 14.0. The summed E-state index contributed by atoms with van der Waals surface area (Å²) in [6.07, 6.45) is 2.59. The highest BCUT2D eigenvalue weighted by molar-refractivity contribution is 5.81. The smallest absolute Gasteiger partial charge is 0.222 e. The summed E-state index contributed by atoms with van der Waals surface area (Å²) in [7, 11) is 0. The van der Waals surface area contributed by atoms with Crippen molar-refractivity contribution in [1.82, 2.24) is 31.9 Å². The van der Waals surface area contributed by atoms with Gasteiger partial charge in [0.15, 0.2) is 24.7 Å². The second-order valence-electron chi connectivity index (χ2n) is 30.7. The van der Waals surface area contributed by atoms with Crippen LogP contribution in [0, 0.1) is 0 Å². The molecule has 117 heavy (non-hydrogen) atoms. The minimum Gasteiger partial charge on any atom is -0.394 e. The van der Waals surface area contributed by atoms with E-state index in [0.29, 0.717) is 109 Å². The SMILES string of the molecule is CC(=O)NC1[C@H](OCCCCC(=O)CCCCCC(=O)CCOCC(COCCC(=O)CCCCCC(=O)CCCCO[C@@H]2OC(CO)[C@H](O)[C@H](O)C2NC(C)=O)(COCCC(=O)NCCCNC(=O)CCCCO[C@@H]2OC(CO)[C@H](O)[C@H](O)C2NC(C)=O)NC(=O)CCCCCCCCCCCCC(=O)CON)OC(CO)[C@H](O)[C@@H]1O. The van der Waals surface area contributed by atoms with Crippen molar-refractivity contribution in [2.75, 3.05) is 99.0 Å². The van der Waals surface area contributed by atoms with Crippen LogP contribution >= 0.6 is 0 Å². The third kappa shape index (κ3) is 46.3. The van der Waals surface area contributed by atoms with Crippen LogP contribution < -0.4 is 37.8 Å². The Balaban J connectivity index is 1.57. The Hall–Kier alpha value is -5.63. The molecule has 0 aromatic carbocycles. The van der Waals surface area contributed by atoms with Gasteiger partial charge in [-0.2, -0.15) is 0 Å². The standard InChI is InChI=1S/C80H141N7O30/c1-54(91)84-68-74(105)71(102)62(47-88)115-77(68)111-41-23-20-31-57(94)27-15-12-17-29-59(96)36-44-108-51-80(87-67(101)35-19-11-9-7-5-4-6-8-10-14-33-61(98)50-114-81,52-109-45-37-60(97)30-18-13-16-28-58(95)32-21-24-42-112-78-69(85-55(2)92)75(106)72(103)63(48-89)116-78)53-110-46-38-66(100)83-40-26-39-82-65(99)34-22-25-43-113-79-70(86-56(3)93)76(107)73(104)64(49-90)117-79/h62-64,68-79,88-90,102-107H,4-53,81H2,1-3H3,(H,82,99)(H,83,100)(H,84,91)(H,85,92)(H,86,93)(H,87,101)/t62?,63?,64?,68?,69?,70?,71-,72-,73-,74+,75+,76+,77+,78+,79+,80?/m0/s1. The molecule has 3 saturated heterocycles. The van der Waals surface area contributed by atoms with E-state index < -0.39 is 135 Å². The molecule has 6 unspecified atom stereocenters. The fourth-order valence-electron chi connectivity index (χ4n) is 13.7. The summed E-state index contributed by atoms with van der Waals surface area (Å²) in [5.41, 5.74) is -1.36. The number of aliphatic hydroxyl groups is 9. The van der Waals surface area contributed by atoms with Crippen LogP contribution in [0.1, 0.15) is 245 Å². The number of unbranched alkanes of at least 4 members (excludes halogenated alkanes) is 16. The summed E-state index contributed by atoms with van der Waals surface area (Å²) in [5.74, 6) is 2.54. The molecule has 0 aromatic heterocycles. The molecule has 3 heterocycles. The fourth-order valence-corrected chi connectivity index (χ4v) is 13.7. The Kier molecular flexibility index (Phi) is 57.1. The molecule has 0 saturated carbocycles. The highest BCUT2D eigenvalue weighted by Gasteiger charge is 2.48. The first-order chi connectivity index (χ1) is 56.2. The topological polar surface area (TPSA) is 560 Å². The zero-order chi connectivity index (χ0) is 86.2. The molecule has 0 aromatic rings. The lowest BCUT2D eigenvalue weighted by atomic mass is 9.97. The van der Waals surface area contributed by atoms with Crippen LogP contribution in [-0.4, -0.2) is 307 Å². The number of amides is 6. The number of nitrogens with two attached hydrogens (primary N) is 1. The van der Waals surface area contributed by atoms with Gasteiger partial charge < -0.3 is 120 Å². The van der Waals surface area contributed by atoms with Gasteiger partial charge in [-0.05, 0) is 83.5 Å². The van der Waals surface area contributed by atoms with Crippen LogP contribution in [0.4, 0.5) is 0 Å². The lowest BCUT2D eigenvalue weighted by molar-refractivity contribution is -0.270. The highest BCUT2D eigenvalue weighted by atomic mass is 16.7. The summed E-state index contributed by atoms with van der Waals surface area (Å²) < 4.78 is 52.5. The molecule has 3 aliphatic heterocycles. The molecule has 676 valence electrons. The molecule has 3 fully saturated rings. The molecule has 0 aliphatic carbocycles. The number of carbonyl (C=O) groups excluding carboxylic acids is 11. The summed E-state index contributed by atoms with van der Waals surface area (Å²) in [6, 6.07) is -3.24. The molecule has 17 N–H and O–H groups in total.